The maximum atomic E-state index is 13.7. The zero-order chi connectivity index (χ0) is 24.9. The molecule has 1 amide bonds. The van der Waals surface area contributed by atoms with Gasteiger partial charge >= 0.3 is 0 Å². The molecule has 0 atom stereocenters. The van der Waals surface area contributed by atoms with Crippen LogP contribution in [0.5, 0.6) is 0 Å². The number of hydrogen-bond donors (Lipinski definition) is 0. The molecule has 3 aromatic carbocycles. The summed E-state index contributed by atoms with van der Waals surface area (Å²) < 4.78 is 2.89. The van der Waals surface area contributed by atoms with Crippen molar-refractivity contribution in [1.82, 2.24) is 24.6 Å². The number of amides is 1. The molecule has 0 bridgehead atoms. The van der Waals surface area contributed by atoms with Gasteiger partial charge in [0, 0.05) is 16.4 Å². The van der Waals surface area contributed by atoms with E-state index in [1.807, 2.05) is 71.3 Å². The Labute approximate surface area is 216 Å². The van der Waals surface area contributed by atoms with Crippen molar-refractivity contribution in [2.45, 2.75) is 19.6 Å². The Balaban J connectivity index is 1.44. The fourth-order valence-electron chi connectivity index (χ4n) is 3.94. The topological polar surface area (TPSA) is 87.7 Å². The number of benzene rings is 3. The molecule has 0 radical (unpaired) electrons. The predicted molar refractivity (Wildman–Crippen MR) is 140 cm³/mol. The number of aromatic nitrogens is 4. The third kappa shape index (κ3) is 5.32. The van der Waals surface area contributed by atoms with Crippen LogP contribution in [0.3, 0.4) is 0 Å². The van der Waals surface area contributed by atoms with Crippen LogP contribution in [0, 0.1) is 11.3 Å². The maximum Gasteiger partial charge on any atom is 0.273 e. The molecule has 176 valence electrons. The molecule has 0 aliphatic heterocycles. The van der Waals surface area contributed by atoms with Crippen LogP contribution >= 0.6 is 15.9 Å². The second kappa shape index (κ2) is 10.5. The van der Waals surface area contributed by atoms with Crippen molar-refractivity contribution in [3.05, 3.63) is 124 Å². The van der Waals surface area contributed by atoms with E-state index in [0.29, 0.717) is 30.2 Å². The van der Waals surface area contributed by atoms with E-state index in [4.69, 9.17) is 5.26 Å². The van der Waals surface area contributed by atoms with E-state index in [2.05, 4.69) is 37.2 Å². The van der Waals surface area contributed by atoms with Gasteiger partial charge in [-0.15, -0.1) is 10.2 Å². The summed E-state index contributed by atoms with van der Waals surface area (Å²) in [5.74, 6) is 0.474. The van der Waals surface area contributed by atoms with Crippen LogP contribution < -0.4 is 0 Å². The van der Waals surface area contributed by atoms with Gasteiger partial charge in [-0.05, 0) is 47.5 Å². The van der Waals surface area contributed by atoms with Crippen molar-refractivity contribution in [3.8, 4) is 6.07 Å². The molecule has 0 spiro atoms. The molecule has 0 saturated heterocycles. The van der Waals surface area contributed by atoms with E-state index in [1.54, 1.807) is 29.4 Å². The fraction of sp³-hybridized carbons (Fsp3) is 0.107. The molecule has 2 aromatic heterocycles. The van der Waals surface area contributed by atoms with E-state index in [1.165, 1.54) is 0 Å². The van der Waals surface area contributed by atoms with Gasteiger partial charge in [-0.1, -0.05) is 64.5 Å². The Bertz CT molecular complexity index is 1550. The van der Waals surface area contributed by atoms with Crippen LogP contribution in [0.25, 0.3) is 10.9 Å². The highest BCUT2D eigenvalue weighted by Crippen LogP contribution is 2.18. The average molecular weight is 537 g/mol. The lowest BCUT2D eigenvalue weighted by Crippen LogP contribution is -2.32. The zero-order valence-corrected chi connectivity index (χ0v) is 20.8. The first-order valence-electron chi connectivity index (χ1n) is 11.3. The third-order valence-corrected chi connectivity index (χ3v) is 6.38. The van der Waals surface area contributed by atoms with E-state index in [-0.39, 0.29) is 12.5 Å². The smallest absolute Gasteiger partial charge is 0.273 e. The van der Waals surface area contributed by atoms with Gasteiger partial charge in [0.2, 0.25) is 0 Å². The molecule has 0 unspecified atom stereocenters. The van der Waals surface area contributed by atoms with Crippen LogP contribution in [0.2, 0.25) is 0 Å². The highest BCUT2D eigenvalue weighted by molar-refractivity contribution is 9.10. The summed E-state index contributed by atoms with van der Waals surface area (Å²) in [7, 11) is 0. The second-order valence-electron chi connectivity index (χ2n) is 8.36. The molecule has 7 nitrogen and oxygen atoms in total. The number of rotatable bonds is 7. The number of fused-ring (bicyclic) bond motifs is 1. The minimum atomic E-state index is -0.184. The fourth-order valence-corrected chi connectivity index (χ4v) is 4.21. The monoisotopic (exact) mass is 536 g/mol. The number of carbonyl (C=O) groups excluding carboxylic acids is 1. The van der Waals surface area contributed by atoms with Gasteiger partial charge in [0.15, 0.2) is 5.82 Å². The summed E-state index contributed by atoms with van der Waals surface area (Å²) in [6, 6.07) is 28.8. The molecule has 0 aliphatic rings. The van der Waals surface area contributed by atoms with Gasteiger partial charge in [-0.2, -0.15) is 5.26 Å². The quantitative estimate of drug-likeness (QED) is 0.279. The standard InChI is InChI=1S/C28H21BrN6O/c29-24-12-9-22(10-13-24)16-34(28(36)26-14-11-23-3-1-2-4-25(23)32-26)18-27-33-31-19-35(27)17-21-7-5-20(15-30)6-8-21/h1-14,19H,16-18H2. The lowest BCUT2D eigenvalue weighted by Gasteiger charge is -2.23. The van der Waals surface area contributed by atoms with Crippen LogP contribution in [0.4, 0.5) is 0 Å². The maximum absolute atomic E-state index is 13.7. The van der Waals surface area contributed by atoms with Gasteiger partial charge < -0.3 is 9.47 Å². The van der Waals surface area contributed by atoms with Crippen molar-refractivity contribution >= 4 is 32.7 Å². The molecule has 5 rings (SSSR count). The highest BCUT2D eigenvalue weighted by atomic mass is 79.9. The van der Waals surface area contributed by atoms with Crippen molar-refractivity contribution in [2.75, 3.05) is 0 Å². The first kappa shape index (κ1) is 23.4. The van der Waals surface area contributed by atoms with Crippen LogP contribution in [-0.4, -0.2) is 30.6 Å². The zero-order valence-electron chi connectivity index (χ0n) is 19.3. The Morgan fingerprint density at radius 2 is 1.67 bits per heavy atom. The third-order valence-electron chi connectivity index (χ3n) is 5.86. The summed E-state index contributed by atoms with van der Waals surface area (Å²) in [4.78, 5) is 20.0. The number of nitriles is 1. The normalized spacial score (nSPS) is 10.8. The number of hydrogen-bond acceptors (Lipinski definition) is 5. The van der Waals surface area contributed by atoms with Gasteiger partial charge in [0.25, 0.3) is 5.91 Å². The number of pyridine rings is 1. The molecule has 0 aliphatic carbocycles. The first-order valence-corrected chi connectivity index (χ1v) is 12.1. The van der Waals surface area contributed by atoms with Crippen molar-refractivity contribution in [3.63, 3.8) is 0 Å². The minimum Gasteiger partial charge on any atom is -0.325 e. The van der Waals surface area contributed by atoms with Crippen LogP contribution in [0.1, 0.15) is 33.0 Å². The second-order valence-corrected chi connectivity index (χ2v) is 9.28. The predicted octanol–water partition coefficient (Wildman–Crippen LogP) is 5.35. The summed E-state index contributed by atoms with van der Waals surface area (Å²) in [5.41, 5.74) is 3.76. The highest BCUT2D eigenvalue weighted by Gasteiger charge is 2.21. The number of para-hydroxylation sites is 1. The molecule has 0 fully saturated rings. The molecular formula is C28H21BrN6O. The Kier molecular flexibility index (Phi) is 6.83. The average Bonchev–Trinajstić information content (AvgIpc) is 3.35. The molecule has 0 N–H and O–H groups in total. The van der Waals surface area contributed by atoms with Gasteiger partial charge in [0.05, 0.1) is 30.2 Å². The Morgan fingerprint density at radius 1 is 0.917 bits per heavy atom. The van der Waals surface area contributed by atoms with E-state index in [0.717, 1.165) is 26.5 Å². The minimum absolute atomic E-state index is 0.184. The Morgan fingerprint density at radius 3 is 2.44 bits per heavy atom. The number of carbonyl (C=O) groups is 1. The van der Waals surface area contributed by atoms with Crippen molar-refractivity contribution < 1.29 is 4.79 Å². The van der Waals surface area contributed by atoms with Crippen LogP contribution in [0.15, 0.2) is 95.7 Å². The van der Waals surface area contributed by atoms with E-state index >= 15 is 0 Å². The molecule has 36 heavy (non-hydrogen) atoms. The van der Waals surface area contributed by atoms with Crippen molar-refractivity contribution in [2.24, 2.45) is 0 Å². The molecule has 0 saturated carbocycles. The summed E-state index contributed by atoms with van der Waals surface area (Å²) >= 11 is 3.47. The van der Waals surface area contributed by atoms with Gasteiger partial charge in [0.1, 0.15) is 12.0 Å². The number of nitrogens with zero attached hydrogens (tertiary/aromatic N) is 6. The van der Waals surface area contributed by atoms with Gasteiger partial charge in [-0.25, -0.2) is 4.98 Å². The summed E-state index contributed by atoms with van der Waals surface area (Å²) in [5, 5.41) is 18.4. The summed E-state index contributed by atoms with van der Waals surface area (Å²) in [6.07, 6.45) is 1.66. The molecule has 5 aromatic rings. The van der Waals surface area contributed by atoms with Crippen molar-refractivity contribution in [1.29, 1.82) is 5.26 Å². The first-order chi connectivity index (χ1) is 17.6. The lowest BCUT2D eigenvalue weighted by molar-refractivity contribution is 0.0718. The Hall–Kier alpha value is -4.35. The molecule has 8 heteroatoms. The largest absolute Gasteiger partial charge is 0.325 e. The van der Waals surface area contributed by atoms with E-state index < -0.39 is 0 Å². The molecule has 2 heterocycles. The number of halogens is 1. The van der Waals surface area contributed by atoms with E-state index in [9.17, 15) is 4.79 Å². The lowest BCUT2D eigenvalue weighted by atomic mass is 10.1. The molecular weight excluding hydrogens is 516 g/mol. The van der Waals surface area contributed by atoms with Crippen LogP contribution in [-0.2, 0) is 19.6 Å². The van der Waals surface area contributed by atoms with Gasteiger partial charge in [-0.3, -0.25) is 4.79 Å². The SMILES string of the molecule is N#Cc1ccc(Cn2cnnc2CN(Cc2ccc(Br)cc2)C(=O)c2ccc3ccccc3n2)cc1. The summed E-state index contributed by atoms with van der Waals surface area (Å²) in [6.45, 7) is 1.19.